The SMILES string of the molecule is [Ce].[La].[Sm].[Zr]. The van der Waals surface area contributed by atoms with Crippen LogP contribution >= 0.6 is 0 Å². The number of hydrogen-bond donors (Lipinski definition) is 0. The minimum atomic E-state index is 0. The van der Waals surface area contributed by atoms with E-state index in [1.54, 1.807) is 0 Å². The van der Waals surface area contributed by atoms with Crippen molar-refractivity contribution in [2.24, 2.45) is 0 Å². The quantitative estimate of drug-likeness (QED) is 0.422. The molecule has 0 spiro atoms. The van der Waals surface area contributed by atoms with Gasteiger partial charge < -0.3 is 0 Å². The van der Waals surface area contributed by atoms with Crippen molar-refractivity contribution in [1.29, 1.82) is 0 Å². The van der Waals surface area contributed by atoms with Crippen molar-refractivity contribution in [3.63, 3.8) is 0 Å². The summed E-state index contributed by atoms with van der Waals surface area (Å²) >= 11 is 0. The third kappa shape index (κ3) is 9.92. The molecule has 0 fully saturated rings. The first kappa shape index (κ1) is 23.2. The van der Waals surface area contributed by atoms with Crippen molar-refractivity contribution in [3.8, 4) is 0 Å². The van der Waals surface area contributed by atoms with Gasteiger partial charge in [0.1, 0.15) is 0 Å². The molecule has 0 saturated heterocycles. The summed E-state index contributed by atoms with van der Waals surface area (Å²) in [6.45, 7) is 0. The van der Waals surface area contributed by atoms with Gasteiger partial charge in [-0.25, -0.2) is 0 Å². The van der Waals surface area contributed by atoms with E-state index in [2.05, 4.69) is 0 Å². The molecule has 1 radical (unpaired) electrons. The summed E-state index contributed by atoms with van der Waals surface area (Å²) in [4.78, 5) is 0. The molecule has 17 valence electrons. The maximum absolute atomic E-state index is 0. The van der Waals surface area contributed by atoms with Crippen LogP contribution in [0.4, 0.5) is 0 Å². The minimum absolute atomic E-state index is 0. The fourth-order valence-electron chi connectivity index (χ4n) is 0. The first-order valence-electron chi connectivity index (χ1n) is 0. The van der Waals surface area contributed by atoms with Gasteiger partial charge in [-0.2, -0.15) is 0 Å². The molecule has 0 atom stereocenters. The molecule has 0 bridgehead atoms. The Morgan fingerprint density at radius 2 is 1.00 bits per heavy atom. The Kier molecular flexibility index (Phi) is 91.0. The van der Waals surface area contributed by atoms with Crippen LogP contribution in [0.1, 0.15) is 0 Å². The zero-order valence-corrected chi connectivity index (χ0v) is 13.8. The molecule has 4 heteroatoms. The third-order valence-electron chi connectivity index (χ3n) is 0. The predicted molar refractivity (Wildman–Crippen MR) is 0 cm³/mol. The topological polar surface area (TPSA) is 0 Å². The zero-order valence-electron chi connectivity index (χ0n) is 1.99. The fraction of sp³-hybridized carbons (Fsp3) is 0. The molecule has 0 N–H and O–H groups in total. The minimum Gasteiger partial charge on any atom is 0 e. The van der Waals surface area contributed by atoms with Crippen LogP contribution in [0.5, 0.6) is 0 Å². The van der Waals surface area contributed by atoms with Crippen molar-refractivity contribution < 1.29 is 144 Å². The maximum Gasteiger partial charge on any atom is 0 e. The largest absolute Gasteiger partial charge is 0 e. The monoisotopic (exact) mass is 521 g/mol. The van der Waals surface area contributed by atoms with E-state index in [0.717, 1.165) is 0 Å². The van der Waals surface area contributed by atoms with Gasteiger partial charge in [-0.3, -0.25) is 0 Å². The Bertz CT molecular complexity index is 8.00. The molecular weight excluding hydrogens is 521 g/mol. The Balaban J connectivity index is 0. The van der Waals surface area contributed by atoms with Gasteiger partial charge in [-0.15, -0.1) is 0 Å². The van der Waals surface area contributed by atoms with Gasteiger partial charge in [0.05, 0.1) is 0 Å². The molecule has 0 aromatic carbocycles. The standard InChI is InChI=1S/Ce.La.Sm.Zr. The molecule has 0 unspecified atom stereocenters. The molecule has 0 rings (SSSR count). The van der Waals surface area contributed by atoms with E-state index in [1.165, 1.54) is 0 Å². The van der Waals surface area contributed by atoms with Gasteiger partial charge in [-0.05, 0) is 0 Å². The summed E-state index contributed by atoms with van der Waals surface area (Å²) in [6.07, 6.45) is 0. The molecule has 0 aliphatic carbocycles. The summed E-state index contributed by atoms with van der Waals surface area (Å²) < 4.78 is 0. The van der Waals surface area contributed by atoms with Crippen molar-refractivity contribution in [2.45, 2.75) is 0 Å². The summed E-state index contributed by atoms with van der Waals surface area (Å²) in [5, 5.41) is 0. The van der Waals surface area contributed by atoms with Crippen LogP contribution in [-0.4, -0.2) is 0 Å². The van der Waals surface area contributed by atoms with E-state index < -0.39 is 0 Å². The maximum atomic E-state index is 0. The predicted octanol–water partition coefficient (Wildman–Crippen LogP) is -0.00250. The van der Waals surface area contributed by atoms with Crippen LogP contribution in [0.25, 0.3) is 0 Å². The Morgan fingerprint density at radius 3 is 1.00 bits per heavy atom. The molecule has 0 saturated carbocycles. The van der Waals surface area contributed by atoms with E-state index in [4.69, 9.17) is 0 Å². The molecule has 0 nitrogen and oxygen atoms in total. The van der Waals surface area contributed by atoms with Crippen LogP contribution in [0, 0.1) is 118 Å². The van der Waals surface area contributed by atoms with Crippen molar-refractivity contribution in [1.82, 2.24) is 0 Å². The van der Waals surface area contributed by atoms with E-state index in [9.17, 15) is 0 Å². The average Bonchev–Trinajstić information content (AvgIpc) is 0. The fourth-order valence-corrected chi connectivity index (χ4v) is 0. The van der Waals surface area contributed by atoms with Gasteiger partial charge in [-0.1, -0.05) is 0 Å². The second-order valence-corrected chi connectivity index (χ2v) is 0. The van der Waals surface area contributed by atoms with Gasteiger partial charge >= 0.3 is 0 Å². The molecular formula is CeLaSmZr. The molecule has 0 amide bonds. The number of rotatable bonds is 0. The summed E-state index contributed by atoms with van der Waals surface area (Å²) in [5.74, 6) is 0. The molecule has 0 aliphatic rings. The zero-order chi connectivity index (χ0) is 0. The van der Waals surface area contributed by atoms with Crippen molar-refractivity contribution >= 4 is 0 Å². The summed E-state index contributed by atoms with van der Waals surface area (Å²) in [6, 6.07) is 0. The van der Waals surface area contributed by atoms with Crippen LogP contribution in [0.3, 0.4) is 0 Å². The molecule has 0 aromatic rings. The van der Waals surface area contributed by atoms with Gasteiger partial charge in [0.2, 0.25) is 0 Å². The van der Waals surface area contributed by atoms with E-state index >= 15 is 0 Å². The first-order chi connectivity index (χ1) is 0. The Morgan fingerprint density at radius 1 is 1.00 bits per heavy atom. The van der Waals surface area contributed by atoms with Gasteiger partial charge in [0.15, 0.2) is 0 Å². The molecule has 0 aromatic heterocycles. The Hall–Kier alpha value is 4.79. The van der Waals surface area contributed by atoms with Crippen molar-refractivity contribution in [2.75, 3.05) is 0 Å². The number of hydrogen-bond acceptors (Lipinski definition) is 0. The summed E-state index contributed by atoms with van der Waals surface area (Å²) in [7, 11) is 0. The smallest absolute Gasteiger partial charge is 0 e. The van der Waals surface area contributed by atoms with Crippen LogP contribution in [-0.2, 0) is 26.2 Å². The van der Waals surface area contributed by atoms with Crippen LogP contribution in [0.15, 0.2) is 0 Å². The Labute approximate surface area is 139 Å². The van der Waals surface area contributed by atoms with Crippen molar-refractivity contribution in [3.05, 3.63) is 0 Å². The average molecular weight is 521 g/mol. The third-order valence-corrected chi connectivity index (χ3v) is 0. The van der Waals surface area contributed by atoms with Gasteiger partial charge in [0, 0.05) is 144 Å². The molecule has 0 heterocycles. The summed E-state index contributed by atoms with van der Waals surface area (Å²) in [5.41, 5.74) is 0. The van der Waals surface area contributed by atoms with Gasteiger partial charge in [0.25, 0.3) is 0 Å². The van der Waals surface area contributed by atoms with Crippen LogP contribution < -0.4 is 0 Å². The first-order valence-corrected chi connectivity index (χ1v) is 0. The van der Waals surface area contributed by atoms with E-state index in [-0.39, 0.29) is 144 Å². The van der Waals surface area contributed by atoms with Crippen LogP contribution in [0.2, 0.25) is 0 Å². The van der Waals surface area contributed by atoms with E-state index in [1.807, 2.05) is 0 Å². The second kappa shape index (κ2) is 15.7. The molecule has 4 heavy (non-hydrogen) atoms. The van der Waals surface area contributed by atoms with E-state index in [0.29, 0.717) is 0 Å². The second-order valence-electron chi connectivity index (χ2n) is 0. The normalized spacial score (nSPS) is 0. The molecule has 0 aliphatic heterocycles.